The quantitative estimate of drug-likeness (QED) is 0.718. The molecule has 3 nitrogen and oxygen atoms in total. The summed E-state index contributed by atoms with van der Waals surface area (Å²) in [7, 11) is 2.18. The Bertz CT molecular complexity index is 824. The van der Waals surface area contributed by atoms with Crippen LogP contribution in [0.3, 0.4) is 0 Å². The molecule has 0 radical (unpaired) electrons. The third kappa shape index (κ3) is 2.27. The number of halogens is 1. The van der Waals surface area contributed by atoms with E-state index in [1.165, 1.54) is 29.2 Å². The number of aromatic amines is 1. The Labute approximate surface area is 138 Å². The van der Waals surface area contributed by atoms with Crippen molar-refractivity contribution in [3.8, 4) is 11.3 Å². The van der Waals surface area contributed by atoms with E-state index in [-0.39, 0.29) is 0 Å². The lowest BCUT2D eigenvalue weighted by Gasteiger charge is -2.16. The fourth-order valence-electron chi connectivity index (χ4n) is 3.41. The highest BCUT2D eigenvalue weighted by molar-refractivity contribution is 9.10. The molecule has 2 aromatic carbocycles. The van der Waals surface area contributed by atoms with Crippen LogP contribution in [0.2, 0.25) is 0 Å². The van der Waals surface area contributed by atoms with Crippen molar-refractivity contribution in [2.45, 2.75) is 18.9 Å². The van der Waals surface area contributed by atoms with Crippen molar-refractivity contribution in [3.63, 3.8) is 0 Å². The number of hydrogen-bond donors (Lipinski definition) is 1. The molecule has 0 saturated carbocycles. The van der Waals surface area contributed by atoms with Crippen LogP contribution in [-0.4, -0.2) is 28.5 Å². The molecule has 3 aromatic rings. The minimum absolute atomic E-state index is 0.426. The fraction of sp³-hybridized carbons (Fsp3) is 0.278. The molecule has 0 spiro atoms. The minimum Gasteiger partial charge on any atom is -0.341 e. The summed E-state index contributed by atoms with van der Waals surface area (Å²) in [5.41, 5.74) is 2.30. The van der Waals surface area contributed by atoms with Gasteiger partial charge >= 0.3 is 0 Å². The van der Waals surface area contributed by atoms with Gasteiger partial charge in [-0.15, -0.1) is 0 Å². The van der Waals surface area contributed by atoms with Crippen molar-refractivity contribution >= 4 is 26.7 Å². The van der Waals surface area contributed by atoms with Crippen LogP contribution in [0.1, 0.15) is 24.7 Å². The van der Waals surface area contributed by atoms with Gasteiger partial charge in [-0.25, -0.2) is 4.98 Å². The molecule has 1 fully saturated rings. The minimum atomic E-state index is 0.426. The molecule has 1 N–H and O–H groups in total. The Kier molecular flexibility index (Phi) is 3.51. The molecule has 2 heterocycles. The molecule has 0 bridgehead atoms. The Balaban J connectivity index is 1.80. The maximum atomic E-state index is 4.65. The lowest BCUT2D eigenvalue weighted by Crippen LogP contribution is -2.18. The number of fused-ring (bicyclic) bond motifs is 1. The summed E-state index contributed by atoms with van der Waals surface area (Å²) in [6, 6.07) is 13.2. The summed E-state index contributed by atoms with van der Waals surface area (Å²) < 4.78 is 1.13. The van der Waals surface area contributed by atoms with Gasteiger partial charge in [0.15, 0.2) is 0 Å². The monoisotopic (exact) mass is 355 g/mol. The Morgan fingerprint density at radius 3 is 2.82 bits per heavy atom. The van der Waals surface area contributed by atoms with Gasteiger partial charge in [-0.3, -0.25) is 4.90 Å². The molecule has 112 valence electrons. The molecular weight excluding hydrogens is 338 g/mol. The van der Waals surface area contributed by atoms with Crippen molar-refractivity contribution < 1.29 is 0 Å². The average molecular weight is 356 g/mol. The van der Waals surface area contributed by atoms with Gasteiger partial charge in [0.05, 0.1) is 17.9 Å². The summed E-state index contributed by atoms with van der Waals surface area (Å²) in [5, 5.41) is 2.47. The van der Waals surface area contributed by atoms with Crippen LogP contribution in [0.15, 0.2) is 47.1 Å². The second kappa shape index (κ2) is 5.52. The van der Waals surface area contributed by atoms with Crippen LogP contribution < -0.4 is 0 Å². The van der Waals surface area contributed by atoms with Gasteiger partial charge in [-0.1, -0.05) is 46.3 Å². The van der Waals surface area contributed by atoms with Crippen LogP contribution in [0.25, 0.3) is 22.0 Å². The van der Waals surface area contributed by atoms with Gasteiger partial charge in [0.1, 0.15) is 5.82 Å². The van der Waals surface area contributed by atoms with Gasteiger partial charge in [0.2, 0.25) is 0 Å². The van der Waals surface area contributed by atoms with Crippen LogP contribution >= 0.6 is 15.9 Å². The van der Waals surface area contributed by atoms with Gasteiger partial charge in [-0.2, -0.15) is 0 Å². The number of H-pyrrole nitrogens is 1. The maximum absolute atomic E-state index is 4.65. The third-order valence-electron chi connectivity index (χ3n) is 4.59. The lowest BCUT2D eigenvalue weighted by atomic mass is 10.0. The average Bonchev–Trinajstić information content (AvgIpc) is 3.16. The number of aromatic nitrogens is 2. The van der Waals surface area contributed by atoms with Gasteiger partial charge < -0.3 is 4.98 Å². The van der Waals surface area contributed by atoms with E-state index in [1.54, 1.807) is 0 Å². The van der Waals surface area contributed by atoms with Crippen molar-refractivity contribution in [1.82, 2.24) is 14.9 Å². The number of benzene rings is 2. The first-order valence-corrected chi connectivity index (χ1v) is 8.46. The summed E-state index contributed by atoms with van der Waals surface area (Å²) in [5.74, 6) is 1.09. The molecular formula is C18H18BrN3. The molecule has 0 unspecified atom stereocenters. The predicted octanol–water partition coefficient (Wildman–Crippen LogP) is 4.76. The number of likely N-dealkylation sites (tertiary alicyclic amines) is 1. The molecule has 1 atom stereocenters. The van der Waals surface area contributed by atoms with Gasteiger partial charge in [0, 0.05) is 10.0 Å². The normalized spacial score (nSPS) is 19.1. The summed E-state index contributed by atoms with van der Waals surface area (Å²) >= 11 is 3.64. The van der Waals surface area contributed by atoms with E-state index in [0.29, 0.717) is 6.04 Å². The first-order valence-electron chi connectivity index (χ1n) is 7.67. The summed E-state index contributed by atoms with van der Waals surface area (Å²) in [4.78, 5) is 10.6. The van der Waals surface area contributed by atoms with Crippen molar-refractivity contribution in [2.75, 3.05) is 13.6 Å². The molecule has 0 amide bonds. The van der Waals surface area contributed by atoms with Crippen LogP contribution in [-0.2, 0) is 0 Å². The van der Waals surface area contributed by atoms with E-state index >= 15 is 0 Å². The molecule has 1 aliphatic heterocycles. The smallest absolute Gasteiger partial charge is 0.123 e. The third-order valence-corrected chi connectivity index (χ3v) is 5.28. The fourth-order valence-corrected chi connectivity index (χ4v) is 3.90. The topological polar surface area (TPSA) is 31.9 Å². The van der Waals surface area contributed by atoms with Crippen molar-refractivity contribution in [2.24, 2.45) is 0 Å². The Morgan fingerprint density at radius 1 is 1.18 bits per heavy atom. The highest BCUT2D eigenvalue weighted by Gasteiger charge is 2.25. The van der Waals surface area contributed by atoms with E-state index in [9.17, 15) is 0 Å². The number of hydrogen-bond acceptors (Lipinski definition) is 2. The second-order valence-corrected chi connectivity index (χ2v) is 6.82. The highest BCUT2D eigenvalue weighted by atomic mass is 79.9. The standard InChI is InChI=1S/C18H18BrN3/c1-22-10-4-9-17(22)18-20-11-16(21-18)14-7-2-6-13-12(14)5-3-8-15(13)19/h2-3,5-8,11,17H,4,9-10H2,1H3,(H,20,21)/t17-/m1/s1. The zero-order chi connectivity index (χ0) is 15.1. The van der Waals surface area contributed by atoms with E-state index in [0.717, 1.165) is 22.5 Å². The van der Waals surface area contributed by atoms with Crippen molar-refractivity contribution in [1.29, 1.82) is 0 Å². The molecule has 1 aliphatic rings. The first-order chi connectivity index (χ1) is 10.7. The number of imidazole rings is 1. The summed E-state index contributed by atoms with van der Waals surface area (Å²) in [6.45, 7) is 1.15. The Hall–Kier alpha value is -1.65. The largest absolute Gasteiger partial charge is 0.341 e. The molecule has 4 heteroatoms. The van der Waals surface area contributed by atoms with E-state index in [4.69, 9.17) is 0 Å². The van der Waals surface area contributed by atoms with Crippen LogP contribution in [0.4, 0.5) is 0 Å². The number of nitrogens with zero attached hydrogens (tertiary/aromatic N) is 2. The van der Waals surface area contributed by atoms with Crippen LogP contribution in [0, 0.1) is 0 Å². The maximum Gasteiger partial charge on any atom is 0.123 e. The molecule has 0 aliphatic carbocycles. The lowest BCUT2D eigenvalue weighted by molar-refractivity contribution is 0.307. The second-order valence-electron chi connectivity index (χ2n) is 5.96. The molecule has 1 aromatic heterocycles. The zero-order valence-electron chi connectivity index (χ0n) is 12.5. The molecule has 1 saturated heterocycles. The van der Waals surface area contributed by atoms with Gasteiger partial charge in [0.25, 0.3) is 0 Å². The summed E-state index contributed by atoms with van der Waals surface area (Å²) in [6.07, 6.45) is 4.40. The Morgan fingerprint density at radius 2 is 2.00 bits per heavy atom. The molecule has 22 heavy (non-hydrogen) atoms. The van der Waals surface area contributed by atoms with E-state index < -0.39 is 0 Å². The SMILES string of the molecule is CN1CCC[C@@H]1c1ncc(-c2cccc3c(Br)cccc23)[nH]1. The first kappa shape index (κ1) is 14.0. The molecule has 4 rings (SSSR count). The number of nitrogens with one attached hydrogen (secondary N) is 1. The predicted molar refractivity (Wildman–Crippen MR) is 93.8 cm³/mol. The van der Waals surface area contributed by atoms with E-state index in [1.807, 2.05) is 6.20 Å². The van der Waals surface area contributed by atoms with E-state index in [2.05, 4.69) is 74.2 Å². The van der Waals surface area contributed by atoms with Crippen LogP contribution in [0.5, 0.6) is 0 Å². The van der Waals surface area contributed by atoms with Gasteiger partial charge in [-0.05, 0) is 43.3 Å². The zero-order valence-corrected chi connectivity index (χ0v) is 14.1. The number of rotatable bonds is 2. The highest BCUT2D eigenvalue weighted by Crippen LogP contribution is 2.34. The van der Waals surface area contributed by atoms with Crippen molar-refractivity contribution in [3.05, 3.63) is 52.9 Å².